The summed E-state index contributed by atoms with van der Waals surface area (Å²) in [6, 6.07) is 7.17. The standard InChI is InChI=1S/C16H16N2O3/c19-9-11-1-6-14(7-11)18-16(20)13-4-2-12(3-5-13)15-8-17-10-21-15/h1-6,8,10-11,14,19H,7,9H2,(H,18,20)/t11-,14+/m0/s1. The molecule has 0 saturated heterocycles. The molecule has 3 rings (SSSR count). The Morgan fingerprint density at radius 2 is 2.14 bits per heavy atom. The lowest BCUT2D eigenvalue weighted by Gasteiger charge is -2.12. The molecule has 0 radical (unpaired) electrons. The SMILES string of the molecule is O=C(N[C@@H]1C=C[C@H](CO)C1)c1ccc(-c2cnco2)cc1. The summed E-state index contributed by atoms with van der Waals surface area (Å²) in [5.74, 6) is 0.697. The van der Waals surface area contributed by atoms with Crippen molar-refractivity contribution in [3.05, 3.63) is 54.6 Å². The maximum atomic E-state index is 12.2. The van der Waals surface area contributed by atoms with E-state index in [9.17, 15) is 4.79 Å². The average Bonchev–Trinajstić information content (AvgIpc) is 3.19. The summed E-state index contributed by atoms with van der Waals surface area (Å²) in [5.41, 5.74) is 1.48. The number of aromatic nitrogens is 1. The molecule has 2 aromatic rings. The van der Waals surface area contributed by atoms with Gasteiger partial charge in [-0.2, -0.15) is 0 Å². The number of hydrogen-bond acceptors (Lipinski definition) is 4. The highest BCUT2D eigenvalue weighted by Crippen LogP contribution is 2.20. The molecular weight excluding hydrogens is 268 g/mol. The number of nitrogens with one attached hydrogen (secondary N) is 1. The van der Waals surface area contributed by atoms with E-state index < -0.39 is 0 Å². The van der Waals surface area contributed by atoms with Crippen molar-refractivity contribution in [2.24, 2.45) is 5.92 Å². The van der Waals surface area contributed by atoms with Gasteiger partial charge in [0.2, 0.25) is 0 Å². The van der Waals surface area contributed by atoms with Crippen molar-refractivity contribution in [1.29, 1.82) is 0 Å². The van der Waals surface area contributed by atoms with Crippen LogP contribution in [0.15, 0.2) is 53.4 Å². The third kappa shape index (κ3) is 3.03. The van der Waals surface area contributed by atoms with E-state index in [0.29, 0.717) is 11.3 Å². The second kappa shape index (κ2) is 5.93. The van der Waals surface area contributed by atoms with Crippen molar-refractivity contribution in [3.8, 4) is 11.3 Å². The Balaban J connectivity index is 1.64. The highest BCUT2D eigenvalue weighted by atomic mass is 16.3. The maximum absolute atomic E-state index is 12.2. The van der Waals surface area contributed by atoms with Crippen molar-refractivity contribution in [1.82, 2.24) is 10.3 Å². The zero-order chi connectivity index (χ0) is 14.7. The minimum Gasteiger partial charge on any atom is -0.444 e. The monoisotopic (exact) mass is 284 g/mol. The van der Waals surface area contributed by atoms with E-state index in [-0.39, 0.29) is 24.5 Å². The molecule has 2 N–H and O–H groups in total. The number of aliphatic hydroxyl groups excluding tert-OH is 1. The lowest BCUT2D eigenvalue weighted by Crippen LogP contribution is -2.32. The Morgan fingerprint density at radius 1 is 1.33 bits per heavy atom. The normalized spacial score (nSPS) is 20.6. The summed E-state index contributed by atoms with van der Waals surface area (Å²) in [6.07, 6.45) is 7.63. The van der Waals surface area contributed by atoms with Gasteiger partial charge >= 0.3 is 0 Å². The minimum atomic E-state index is -0.118. The lowest BCUT2D eigenvalue weighted by molar-refractivity contribution is 0.0941. The molecule has 1 aromatic carbocycles. The molecule has 1 aliphatic carbocycles. The summed E-state index contributed by atoms with van der Waals surface area (Å²) in [6.45, 7) is 0.120. The van der Waals surface area contributed by atoms with Crippen molar-refractivity contribution in [2.75, 3.05) is 6.61 Å². The number of oxazole rings is 1. The fraction of sp³-hybridized carbons (Fsp3) is 0.250. The predicted molar refractivity (Wildman–Crippen MR) is 77.5 cm³/mol. The molecule has 0 unspecified atom stereocenters. The summed E-state index contributed by atoms with van der Waals surface area (Å²) < 4.78 is 5.21. The number of rotatable bonds is 4. The van der Waals surface area contributed by atoms with Gasteiger partial charge < -0.3 is 14.8 Å². The first-order chi connectivity index (χ1) is 10.3. The fourth-order valence-electron chi connectivity index (χ4n) is 2.41. The van der Waals surface area contributed by atoms with Crippen LogP contribution in [0.2, 0.25) is 0 Å². The molecule has 1 aliphatic rings. The quantitative estimate of drug-likeness (QED) is 0.842. The van der Waals surface area contributed by atoms with E-state index >= 15 is 0 Å². The summed E-state index contributed by atoms with van der Waals surface area (Å²) in [7, 11) is 0. The molecule has 0 spiro atoms. The van der Waals surface area contributed by atoms with Crippen molar-refractivity contribution in [2.45, 2.75) is 12.5 Å². The van der Waals surface area contributed by atoms with Crippen molar-refractivity contribution in [3.63, 3.8) is 0 Å². The second-order valence-electron chi connectivity index (χ2n) is 5.09. The molecule has 0 bridgehead atoms. The first-order valence-corrected chi connectivity index (χ1v) is 6.85. The number of carbonyl (C=O) groups is 1. The first-order valence-electron chi connectivity index (χ1n) is 6.85. The molecule has 0 fully saturated rings. The van der Waals surface area contributed by atoms with Crippen molar-refractivity contribution >= 4 is 5.91 Å². The third-order valence-electron chi connectivity index (χ3n) is 3.59. The van der Waals surface area contributed by atoms with Crippen LogP contribution < -0.4 is 5.32 Å². The molecule has 1 heterocycles. The highest BCUT2D eigenvalue weighted by Gasteiger charge is 2.20. The van der Waals surface area contributed by atoms with E-state index in [0.717, 1.165) is 12.0 Å². The van der Waals surface area contributed by atoms with Gasteiger partial charge in [-0.1, -0.05) is 24.3 Å². The van der Waals surface area contributed by atoms with Crippen LogP contribution in [-0.4, -0.2) is 28.6 Å². The molecule has 1 aromatic heterocycles. The van der Waals surface area contributed by atoms with Crippen LogP contribution >= 0.6 is 0 Å². The molecule has 2 atom stereocenters. The average molecular weight is 284 g/mol. The van der Waals surface area contributed by atoms with E-state index in [1.54, 1.807) is 18.3 Å². The van der Waals surface area contributed by atoms with Crippen LogP contribution in [0.25, 0.3) is 11.3 Å². The Bertz CT molecular complexity index is 632. The fourth-order valence-corrected chi connectivity index (χ4v) is 2.41. The zero-order valence-corrected chi connectivity index (χ0v) is 11.4. The third-order valence-corrected chi connectivity index (χ3v) is 3.59. The largest absolute Gasteiger partial charge is 0.444 e. The molecular formula is C16H16N2O3. The highest BCUT2D eigenvalue weighted by molar-refractivity contribution is 5.95. The molecule has 108 valence electrons. The Labute approximate surface area is 122 Å². The van der Waals surface area contributed by atoms with E-state index in [1.807, 2.05) is 24.3 Å². The van der Waals surface area contributed by atoms with Gasteiger partial charge in [0, 0.05) is 29.7 Å². The van der Waals surface area contributed by atoms with Crippen LogP contribution in [0, 0.1) is 5.92 Å². The number of benzene rings is 1. The number of amides is 1. The number of carbonyl (C=O) groups excluding carboxylic acids is 1. The topological polar surface area (TPSA) is 75.4 Å². The Hall–Kier alpha value is -2.40. The Morgan fingerprint density at radius 3 is 2.76 bits per heavy atom. The minimum absolute atomic E-state index is 0.0106. The second-order valence-corrected chi connectivity index (χ2v) is 5.09. The van der Waals surface area contributed by atoms with Gasteiger partial charge in [0.1, 0.15) is 0 Å². The van der Waals surface area contributed by atoms with Crippen LogP contribution in [-0.2, 0) is 0 Å². The van der Waals surface area contributed by atoms with Gasteiger partial charge in [-0.05, 0) is 18.6 Å². The van der Waals surface area contributed by atoms with Crippen LogP contribution in [0.5, 0.6) is 0 Å². The summed E-state index contributed by atoms with van der Waals surface area (Å²) in [5, 5.41) is 12.0. The van der Waals surface area contributed by atoms with E-state index in [4.69, 9.17) is 9.52 Å². The molecule has 0 aliphatic heterocycles. The summed E-state index contributed by atoms with van der Waals surface area (Å²) >= 11 is 0. The molecule has 5 heteroatoms. The van der Waals surface area contributed by atoms with Crippen molar-refractivity contribution < 1.29 is 14.3 Å². The number of aliphatic hydroxyl groups is 1. The first kappa shape index (κ1) is 13.6. The summed E-state index contributed by atoms with van der Waals surface area (Å²) in [4.78, 5) is 16.0. The molecule has 5 nitrogen and oxygen atoms in total. The zero-order valence-electron chi connectivity index (χ0n) is 11.4. The number of nitrogens with zero attached hydrogens (tertiary/aromatic N) is 1. The van der Waals surface area contributed by atoms with Gasteiger partial charge in [0.25, 0.3) is 5.91 Å². The van der Waals surface area contributed by atoms with Gasteiger partial charge in [0.05, 0.1) is 6.20 Å². The molecule has 1 amide bonds. The smallest absolute Gasteiger partial charge is 0.251 e. The van der Waals surface area contributed by atoms with Crippen LogP contribution in [0.4, 0.5) is 0 Å². The van der Waals surface area contributed by atoms with Gasteiger partial charge in [-0.15, -0.1) is 0 Å². The lowest BCUT2D eigenvalue weighted by atomic mass is 10.1. The maximum Gasteiger partial charge on any atom is 0.251 e. The molecule has 21 heavy (non-hydrogen) atoms. The number of hydrogen-bond donors (Lipinski definition) is 2. The van der Waals surface area contributed by atoms with Gasteiger partial charge in [0.15, 0.2) is 12.2 Å². The van der Waals surface area contributed by atoms with Gasteiger partial charge in [-0.3, -0.25) is 4.79 Å². The van der Waals surface area contributed by atoms with E-state index in [2.05, 4.69) is 10.3 Å². The van der Waals surface area contributed by atoms with Gasteiger partial charge in [-0.25, -0.2) is 4.98 Å². The predicted octanol–water partition coefficient (Wildman–Crippen LogP) is 2.01. The van der Waals surface area contributed by atoms with Crippen LogP contribution in [0.3, 0.4) is 0 Å². The Kier molecular flexibility index (Phi) is 3.83. The molecule has 0 saturated carbocycles. The van der Waals surface area contributed by atoms with Crippen LogP contribution in [0.1, 0.15) is 16.8 Å². The van der Waals surface area contributed by atoms with E-state index in [1.165, 1.54) is 6.39 Å².